The molecule has 0 saturated heterocycles. The SMILES string of the molecule is CC(N)Cc1cc(Cl)ccc1OCc1ccc(F)cc1. The Kier molecular flexibility index (Phi) is 4.99. The van der Waals surface area contributed by atoms with Crippen molar-refractivity contribution in [2.45, 2.75) is 26.0 Å². The maximum Gasteiger partial charge on any atom is 0.123 e. The van der Waals surface area contributed by atoms with E-state index in [-0.39, 0.29) is 11.9 Å². The zero-order valence-electron chi connectivity index (χ0n) is 11.3. The summed E-state index contributed by atoms with van der Waals surface area (Å²) in [6.07, 6.45) is 0.694. The Balaban J connectivity index is 2.10. The molecule has 2 aromatic carbocycles. The fourth-order valence-electron chi connectivity index (χ4n) is 1.94. The molecule has 1 unspecified atom stereocenters. The Hall–Kier alpha value is -1.58. The summed E-state index contributed by atoms with van der Waals surface area (Å²) in [4.78, 5) is 0. The lowest BCUT2D eigenvalue weighted by Crippen LogP contribution is -2.18. The molecule has 2 nitrogen and oxygen atoms in total. The normalized spacial score (nSPS) is 12.2. The Bertz CT molecular complexity index is 569. The predicted molar refractivity (Wildman–Crippen MR) is 79.5 cm³/mol. The molecule has 4 heteroatoms. The number of nitrogens with two attached hydrogens (primary N) is 1. The number of ether oxygens (including phenoxy) is 1. The predicted octanol–water partition coefficient (Wildman–Crippen LogP) is 3.95. The molecule has 20 heavy (non-hydrogen) atoms. The molecule has 0 bridgehead atoms. The fourth-order valence-corrected chi connectivity index (χ4v) is 2.13. The summed E-state index contributed by atoms with van der Waals surface area (Å²) in [5, 5.41) is 0.662. The van der Waals surface area contributed by atoms with Crippen LogP contribution in [0.2, 0.25) is 5.02 Å². The van der Waals surface area contributed by atoms with Gasteiger partial charge in [-0.05, 0) is 54.8 Å². The molecule has 0 aliphatic rings. The Morgan fingerprint density at radius 3 is 2.55 bits per heavy atom. The van der Waals surface area contributed by atoms with Crippen LogP contribution in [-0.4, -0.2) is 6.04 Å². The van der Waals surface area contributed by atoms with E-state index in [1.807, 2.05) is 19.1 Å². The average Bonchev–Trinajstić information content (AvgIpc) is 2.39. The van der Waals surface area contributed by atoms with Crippen LogP contribution in [0.1, 0.15) is 18.1 Å². The highest BCUT2D eigenvalue weighted by Crippen LogP contribution is 2.25. The summed E-state index contributed by atoms with van der Waals surface area (Å²) < 4.78 is 18.6. The van der Waals surface area contributed by atoms with Crippen molar-refractivity contribution in [2.24, 2.45) is 5.73 Å². The zero-order chi connectivity index (χ0) is 14.5. The molecule has 0 fully saturated rings. The van der Waals surface area contributed by atoms with E-state index in [2.05, 4.69) is 0 Å². The Morgan fingerprint density at radius 2 is 1.90 bits per heavy atom. The molecule has 0 saturated carbocycles. The van der Waals surface area contributed by atoms with Gasteiger partial charge < -0.3 is 10.5 Å². The summed E-state index contributed by atoms with van der Waals surface area (Å²) in [7, 11) is 0. The number of hydrogen-bond acceptors (Lipinski definition) is 2. The highest BCUT2D eigenvalue weighted by molar-refractivity contribution is 6.30. The number of halogens is 2. The maximum absolute atomic E-state index is 12.8. The van der Waals surface area contributed by atoms with Crippen LogP contribution >= 0.6 is 11.6 Å². The summed E-state index contributed by atoms with van der Waals surface area (Å²) in [6, 6.07) is 11.8. The second kappa shape index (κ2) is 6.73. The second-order valence-electron chi connectivity index (χ2n) is 4.85. The van der Waals surface area contributed by atoms with E-state index in [4.69, 9.17) is 22.1 Å². The molecule has 0 aromatic heterocycles. The molecule has 0 heterocycles. The van der Waals surface area contributed by atoms with Gasteiger partial charge in [0.25, 0.3) is 0 Å². The van der Waals surface area contributed by atoms with Gasteiger partial charge >= 0.3 is 0 Å². The molecule has 2 rings (SSSR count). The Labute approximate surface area is 123 Å². The van der Waals surface area contributed by atoms with Crippen LogP contribution < -0.4 is 10.5 Å². The first-order valence-corrected chi connectivity index (χ1v) is 6.83. The van der Waals surface area contributed by atoms with E-state index >= 15 is 0 Å². The van der Waals surface area contributed by atoms with Crippen molar-refractivity contribution in [3.05, 3.63) is 64.4 Å². The Morgan fingerprint density at radius 1 is 1.20 bits per heavy atom. The van der Waals surface area contributed by atoms with Crippen LogP contribution in [0.3, 0.4) is 0 Å². The molecule has 2 aromatic rings. The average molecular weight is 294 g/mol. The monoisotopic (exact) mass is 293 g/mol. The van der Waals surface area contributed by atoms with Gasteiger partial charge in [-0.3, -0.25) is 0 Å². The topological polar surface area (TPSA) is 35.2 Å². The van der Waals surface area contributed by atoms with Crippen molar-refractivity contribution in [3.63, 3.8) is 0 Å². The summed E-state index contributed by atoms with van der Waals surface area (Å²) in [6.45, 7) is 2.32. The van der Waals surface area contributed by atoms with Gasteiger partial charge in [0.2, 0.25) is 0 Å². The minimum absolute atomic E-state index is 0.0293. The quantitative estimate of drug-likeness (QED) is 0.906. The van der Waals surface area contributed by atoms with Gasteiger partial charge in [0.1, 0.15) is 18.2 Å². The minimum atomic E-state index is -0.252. The lowest BCUT2D eigenvalue weighted by atomic mass is 10.1. The van der Waals surface area contributed by atoms with Gasteiger partial charge in [-0.25, -0.2) is 4.39 Å². The lowest BCUT2D eigenvalue weighted by molar-refractivity contribution is 0.302. The maximum atomic E-state index is 12.8. The highest BCUT2D eigenvalue weighted by atomic mass is 35.5. The first-order valence-electron chi connectivity index (χ1n) is 6.46. The van der Waals surface area contributed by atoms with Crippen LogP contribution in [0.15, 0.2) is 42.5 Å². The summed E-state index contributed by atoms with van der Waals surface area (Å²) in [5.41, 5.74) is 7.72. The molecular formula is C16H17ClFNO. The van der Waals surface area contributed by atoms with Crippen LogP contribution in [0.5, 0.6) is 5.75 Å². The van der Waals surface area contributed by atoms with Gasteiger partial charge in [-0.1, -0.05) is 23.7 Å². The van der Waals surface area contributed by atoms with Crippen molar-refractivity contribution in [2.75, 3.05) is 0 Å². The van der Waals surface area contributed by atoms with Gasteiger partial charge in [-0.2, -0.15) is 0 Å². The number of rotatable bonds is 5. The summed E-state index contributed by atoms with van der Waals surface area (Å²) >= 11 is 6.00. The molecule has 0 aliphatic heterocycles. The van der Waals surface area contributed by atoms with Crippen LogP contribution in [0.4, 0.5) is 4.39 Å². The molecule has 1 atom stereocenters. The fraction of sp³-hybridized carbons (Fsp3) is 0.250. The summed E-state index contributed by atoms with van der Waals surface area (Å²) in [5.74, 6) is 0.508. The van der Waals surface area contributed by atoms with Crippen molar-refractivity contribution in [1.29, 1.82) is 0 Å². The molecule has 2 N–H and O–H groups in total. The molecule has 0 amide bonds. The van der Waals surface area contributed by atoms with Gasteiger partial charge in [0.05, 0.1) is 0 Å². The zero-order valence-corrected chi connectivity index (χ0v) is 12.0. The largest absolute Gasteiger partial charge is 0.489 e. The first kappa shape index (κ1) is 14.8. The van der Waals surface area contributed by atoms with Gasteiger partial charge in [0.15, 0.2) is 0 Å². The third-order valence-corrected chi connectivity index (χ3v) is 3.11. The third kappa shape index (κ3) is 4.22. The molecule has 106 valence electrons. The lowest BCUT2D eigenvalue weighted by Gasteiger charge is -2.13. The minimum Gasteiger partial charge on any atom is -0.489 e. The number of benzene rings is 2. The van der Waals surface area contributed by atoms with Crippen LogP contribution in [0.25, 0.3) is 0 Å². The van der Waals surface area contributed by atoms with E-state index in [0.717, 1.165) is 16.9 Å². The van der Waals surface area contributed by atoms with E-state index in [1.165, 1.54) is 12.1 Å². The molecular weight excluding hydrogens is 277 g/mol. The van der Waals surface area contributed by atoms with Crippen molar-refractivity contribution in [3.8, 4) is 5.75 Å². The van der Waals surface area contributed by atoms with E-state index < -0.39 is 0 Å². The number of hydrogen-bond donors (Lipinski definition) is 1. The second-order valence-corrected chi connectivity index (χ2v) is 5.29. The standard InChI is InChI=1S/C16H17ClFNO/c1-11(19)8-13-9-14(17)4-7-16(13)20-10-12-2-5-15(18)6-3-12/h2-7,9,11H,8,10,19H2,1H3. The van der Waals surface area contributed by atoms with E-state index in [0.29, 0.717) is 18.1 Å². The van der Waals surface area contributed by atoms with Gasteiger partial charge in [-0.15, -0.1) is 0 Å². The smallest absolute Gasteiger partial charge is 0.123 e. The van der Waals surface area contributed by atoms with Crippen LogP contribution in [-0.2, 0) is 13.0 Å². The molecule has 0 radical (unpaired) electrons. The van der Waals surface area contributed by atoms with Crippen molar-refractivity contribution >= 4 is 11.6 Å². The first-order chi connectivity index (χ1) is 9.54. The third-order valence-electron chi connectivity index (χ3n) is 2.87. The highest BCUT2D eigenvalue weighted by Gasteiger charge is 2.07. The van der Waals surface area contributed by atoms with E-state index in [1.54, 1.807) is 18.2 Å². The van der Waals surface area contributed by atoms with Crippen molar-refractivity contribution < 1.29 is 9.13 Å². The van der Waals surface area contributed by atoms with E-state index in [9.17, 15) is 4.39 Å². The van der Waals surface area contributed by atoms with Crippen LogP contribution in [0, 0.1) is 5.82 Å². The molecule has 0 spiro atoms. The van der Waals surface area contributed by atoms with Crippen molar-refractivity contribution in [1.82, 2.24) is 0 Å². The molecule has 0 aliphatic carbocycles. The van der Waals surface area contributed by atoms with Gasteiger partial charge in [0, 0.05) is 11.1 Å².